The van der Waals surface area contributed by atoms with Crippen molar-refractivity contribution in [2.45, 2.75) is 6.42 Å². The van der Waals surface area contributed by atoms with Gasteiger partial charge in [0.25, 0.3) is 0 Å². The topological polar surface area (TPSA) is 70.7 Å². The fourth-order valence-electron chi connectivity index (χ4n) is 1.67. The van der Waals surface area contributed by atoms with E-state index < -0.39 is 0 Å². The van der Waals surface area contributed by atoms with Crippen LogP contribution in [0.2, 0.25) is 5.02 Å². The van der Waals surface area contributed by atoms with Crippen LogP contribution in [-0.2, 0) is 18.3 Å². The van der Waals surface area contributed by atoms with Gasteiger partial charge in [-0.05, 0) is 17.7 Å². The van der Waals surface area contributed by atoms with Gasteiger partial charge in [0.2, 0.25) is 5.91 Å². The number of halogens is 1. The fraction of sp³-hybridized carbons (Fsp3) is 0.154. The van der Waals surface area contributed by atoms with Gasteiger partial charge in [-0.2, -0.15) is 10.4 Å². The molecule has 0 atom stereocenters. The number of nitrogens with zero attached hydrogens (tertiary/aromatic N) is 3. The molecule has 2 aromatic rings. The molecule has 0 aliphatic carbocycles. The first-order valence-electron chi connectivity index (χ1n) is 5.56. The second-order valence-corrected chi connectivity index (χ2v) is 4.47. The second-order valence-electron chi connectivity index (χ2n) is 4.03. The van der Waals surface area contributed by atoms with Crippen molar-refractivity contribution in [3.05, 3.63) is 46.6 Å². The normalized spacial score (nSPS) is 9.95. The summed E-state index contributed by atoms with van der Waals surface area (Å²) >= 11 is 5.85. The van der Waals surface area contributed by atoms with E-state index in [1.807, 2.05) is 12.1 Å². The summed E-state index contributed by atoms with van der Waals surface area (Å²) in [6.45, 7) is 0. The summed E-state index contributed by atoms with van der Waals surface area (Å²) < 4.78 is 1.48. The van der Waals surface area contributed by atoms with Gasteiger partial charge >= 0.3 is 0 Å². The van der Waals surface area contributed by atoms with E-state index in [2.05, 4.69) is 10.4 Å². The lowest BCUT2D eigenvalue weighted by atomic mass is 10.1. The quantitative estimate of drug-likeness (QED) is 0.932. The molecular formula is C13H11ClN4O. The maximum atomic E-state index is 11.9. The number of hydrogen-bond donors (Lipinski definition) is 1. The number of carbonyl (C=O) groups excluding carboxylic acids is 1. The molecule has 19 heavy (non-hydrogen) atoms. The Hall–Kier alpha value is -2.32. The van der Waals surface area contributed by atoms with Crippen LogP contribution in [0, 0.1) is 11.3 Å². The van der Waals surface area contributed by atoms with Crippen LogP contribution in [0.1, 0.15) is 11.1 Å². The van der Waals surface area contributed by atoms with Crippen molar-refractivity contribution in [1.29, 1.82) is 5.26 Å². The van der Waals surface area contributed by atoms with Gasteiger partial charge in [0.05, 0.1) is 6.42 Å². The highest BCUT2D eigenvalue weighted by Gasteiger charge is 2.11. The summed E-state index contributed by atoms with van der Waals surface area (Å²) in [5, 5.41) is 16.1. The van der Waals surface area contributed by atoms with Crippen LogP contribution in [0.5, 0.6) is 0 Å². The lowest BCUT2D eigenvalue weighted by Gasteiger charge is -2.03. The third-order valence-corrected chi connectivity index (χ3v) is 2.70. The zero-order valence-electron chi connectivity index (χ0n) is 10.2. The largest absolute Gasteiger partial charge is 0.308 e. The molecule has 0 saturated carbocycles. The van der Waals surface area contributed by atoms with Crippen LogP contribution in [0.3, 0.4) is 0 Å². The van der Waals surface area contributed by atoms with E-state index in [9.17, 15) is 4.79 Å². The molecule has 0 aliphatic heterocycles. The molecule has 1 aromatic heterocycles. The summed E-state index contributed by atoms with van der Waals surface area (Å²) in [6, 6.07) is 9.05. The Morgan fingerprint density at radius 3 is 3.05 bits per heavy atom. The summed E-state index contributed by atoms with van der Waals surface area (Å²) in [4.78, 5) is 11.9. The molecular weight excluding hydrogens is 264 g/mol. The van der Waals surface area contributed by atoms with Gasteiger partial charge in [-0.3, -0.25) is 9.48 Å². The zero-order chi connectivity index (χ0) is 13.8. The first-order valence-corrected chi connectivity index (χ1v) is 5.94. The number of amides is 1. The Labute approximate surface area is 115 Å². The average molecular weight is 275 g/mol. The number of aryl methyl sites for hydroxylation is 1. The van der Waals surface area contributed by atoms with Crippen LogP contribution in [-0.4, -0.2) is 15.7 Å². The van der Waals surface area contributed by atoms with Crippen molar-refractivity contribution in [2.24, 2.45) is 7.05 Å². The number of aromatic nitrogens is 2. The van der Waals surface area contributed by atoms with Crippen molar-refractivity contribution in [3.8, 4) is 6.07 Å². The Bertz CT molecular complexity index is 657. The molecule has 5 nitrogen and oxygen atoms in total. The predicted molar refractivity (Wildman–Crippen MR) is 71.7 cm³/mol. The van der Waals surface area contributed by atoms with Crippen molar-refractivity contribution in [2.75, 3.05) is 5.32 Å². The molecule has 6 heteroatoms. The highest BCUT2D eigenvalue weighted by Crippen LogP contribution is 2.14. The van der Waals surface area contributed by atoms with Crippen LogP contribution in [0.15, 0.2) is 30.5 Å². The Morgan fingerprint density at radius 2 is 2.37 bits per heavy atom. The molecule has 0 fully saturated rings. The Balaban J connectivity index is 2.08. The van der Waals surface area contributed by atoms with Crippen LogP contribution in [0.4, 0.5) is 5.82 Å². The molecule has 2 rings (SSSR count). The van der Waals surface area contributed by atoms with Gasteiger partial charge in [-0.1, -0.05) is 23.7 Å². The van der Waals surface area contributed by atoms with E-state index in [1.165, 1.54) is 4.68 Å². The summed E-state index contributed by atoms with van der Waals surface area (Å²) in [5.41, 5.74) is 1.14. The lowest BCUT2D eigenvalue weighted by Crippen LogP contribution is -2.15. The first-order chi connectivity index (χ1) is 9.08. The van der Waals surface area contributed by atoms with Crippen molar-refractivity contribution < 1.29 is 4.79 Å². The molecule has 1 heterocycles. The highest BCUT2D eigenvalue weighted by atomic mass is 35.5. The molecule has 1 aromatic carbocycles. The minimum absolute atomic E-state index is 0.183. The minimum atomic E-state index is -0.238. The van der Waals surface area contributed by atoms with E-state index in [0.717, 1.165) is 5.56 Å². The van der Waals surface area contributed by atoms with E-state index in [-0.39, 0.29) is 18.1 Å². The average Bonchev–Trinajstić information content (AvgIpc) is 2.69. The van der Waals surface area contributed by atoms with E-state index in [4.69, 9.17) is 16.9 Å². The summed E-state index contributed by atoms with van der Waals surface area (Å²) in [5.74, 6) is 0.0366. The SMILES string of the molecule is Cn1cc(C#N)c(NC(=O)Cc2cccc(Cl)c2)n1. The van der Waals surface area contributed by atoms with Crippen molar-refractivity contribution in [3.63, 3.8) is 0 Å². The number of carbonyl (C=O) groups is 1. The zero-order valence-corrected chi connectivity index (χ0v) is 11.0. The van der Waals surface area contributed by atoms with Gasteiger partial charge in [-0.15, -0.1) is 0 Å². The first kappa shape index (κ1) is 13.1. The molecule has 0 aliphatic rings. The van der Waals surface area contributed by atoms with Crippen LogP contribution >= 0.6 is 11.6 Å². The van der Waals surface area contributed by atoms with Gasteiger partial charge < -0.3 is 5.32 Å². The summed E-state index contributed by atoms with van der Waals surface area (Å²) in [6.07, 6.45) is 1.73. The molecule has 1 amide bonds. The van der Waals surface area contributed by atoms with E-state index in [1.54, 1.807) is 31.4 Å². The fourth-order valence-corrected chi connectivity index (χ4v) is 1.88. The minimum Gasteiger partial charge on any atom is -0.308 e. The second kappa shape index (κ2) is 5.55. The number of rotatable bonds is 3. The van der Waals surface area contributed by atoms with Gasteiger partial charge in [0, 0.05) is 18.3 Å². The number of nitriles is 1. The molecule has 0 bridgehead atoms. The molecule has 1 N–H and O–H groups in total. The smallest absolute Gasteiger partial charge is 0.230 e. The Morgan fingerprint density at radius 1 is 1.58 bits per heavy atom. The van der Waals surface area contributed by atoms with Crippen LogP contribution in [0.25, 0.3) is 0 Å². The Kier molecular flexibility index (Phi) is 3.83. The number of hydrogen-bond acceptors (Lipinski definition) is 3. The molecule has 0 saturated heterocycles. The third kappa shape index (κ3) is 3.33. The highest BCUT2D eigenvalue weighted by molar-refractivity contribution is 6.30. The van der Waals surface area contributed by atoms with Gasteiger partial charge in [-0.25, -0.2) is 0 Å². The number of anilines is 1. The summed E-state index contributed by atoms with van der Waals surface area (Å²) in [7, 11) is 1.69. The number of benzene rings is 1. The number of nitrogens with one attached hydrogen (secondary N) is 1. The molecule has 0 radical (unpaired) electrons. The maximum absolute atomic E-state index is 11.9. The van der Waals surface area contributed by atoms with Crippen LogP contribution < -0.4 is 5.32 Å². The maximum Gasteiger partial charge on any atom is 0.230 e. The molecule has 96 valence electrons. The standard InChI is InChI=1S/C13H11ClN4O/c1-18-8-10(7-15)13(17-18)16-12(19)6-9-3-2-4-11(14)5-9/h2-5,8H,6H2,1H3,(H,16,17,19). The van der Waals surface area contributed by atoms with Crippen molar-refractivity contribution >= 4 is 23.3 Å². The van der Waals surface area contributed by atoms with Crippen molar-refractivity contribution in [1.82, 2.24) is 9.78 Å². The molecule has 0 unspecified atom stereocenters. The van der Waals surface area contributed by atoms with Gasteiger partial charge in [0.15, 0.2) is 5.82 Å². The third-order valence-electron chi connectivity index (χ3n) is 2.46. The van der Waals surface area contributed by atoms with E-state index >= 15 is 0 Å². The monoisotopic (exact) mass is 274 g/mol. The van der Waals surface area contributed by atoms with Gasteiger partial charge in [0.1, 0.15) is 11.6 Å². The predicted octanol–water partition coefficient (Wildman–Crippen LogP) is 2.13. The lowest BCUT2D eigenvalue weighted by molar-refractivity contribution is -0.115. The molecule has 0 spiro atoms. The van der Waals surface area contributed by atoms with E-state index in [0.29, 0.717) is 10.6 Å².